The quantitative estimate of drug-likeness (QED) is 0.252. The van der Waals surface area contributed by atoms with Crippen LogP contribution in [0.15, 0.2) is 27.9 Å². The van der Waals surface area contributed by atoms with E-state index >= 15 is 0 Å². The van der Waals surface area contributed by atoms with E-state index in [9.17, 15) is 13.2 Å². The minimum absolute atomic E-state index is 0. The normalized spacial score (nSPS) is 14.6. The van der Waals surface area contributed by atoms with Gasteiger partial charge in [-0.05, 0) is 38.6 Å². The van der Waals surface area contributed by atoms with E-state index in [-0.39, 0.29) is 28.6 Å². The lowest BCUT2D eigenvalue weighted by Gasteiger charge is -2.31. The number of piperazine rings is 1. The molecular formula is C22H38N8O8S2. The van der Waals surface area contributed by atoms with Gasteiger partial charge in [-0.3, -0.25) is 17.9 Å². The molecule has 9 N–H and O–H groups in total. The topological polar surface area (TPSA) is 267 Å². The van der Waals surface area contributed by atoms with Crippen LogP contribution >= 0.6 is 0 Å². The van der Waals surface area contributed by atoms with Crippen molar-refractivity contribution in [1.82, 2.24) is 41.3 Å². The summed E-state index contributed by atoms with van der Waals surface area (Å²) in [6.07, 6.45) is 1.54. The van der Waals surface area contributed by atoms with Crippen LogP contribution in [0.5, 0.6) is 5.75 Å². The van der Waals surface area contributed by atoms with Crippen LogP contribution in [0.1, 0.15) is 26.0 Å². The van der Waals surface area contributed by atoms with E-state index in [1.807, 2.05) is 20.9 Å². The maximum Gasteiger partial charge on any atom is 0.277 e. The summed E-state index contributed by atoms with van der Waals surface area (Å²) in [4.78, 5) is 22.7. The van der Waals surface area contributed by atoms with Crippen molar-refractivity contribution in [3.63, 3.8) is 0 Å². The van der Waals surface area contributed by atoms with Crippen molar-refractivity contribution >= 4 is 31.5 Å². The van der Waals surface area contributed by atoms with Crippen LogP contribution in [0.3, 0.4) is 0 Å². The zero-order chi connectivity index (χ0) is 28.3. The molecule has 4 rings (SSSR count). The second kappa shape index (κ2) is 14.1. The highest BCUT2D eigenvalue weighted by Crippen LogP contribution is 2.32. The second-order valence-electron chi connectivity index (χ2n) is 8.64. The summed E-state index contributed by atoms with van der Waals surface area (Å²) >= 11 is 0. The van der Waals surface area contributed by atoms with Crippen molar-refractivity contribution in [2.75, 3.05) is 39.8 Å². The molecule has 0 radical (unpaired) electrons. The maximum absolute atomic E-state index is 13.3. The number of hydrogen-bond donors (Lipinski definition) is 3. The van der Waals surface area contributed by atoms with Crippen LogP contribution in [-0.4, -0.2) is 94.7 Å². The first-order valence-corrected chi connectivity index (χ1v) is 14.6. The van der Waals surface area contributed by atoms with Crippen molar-refractivity contribution in [1.29, 1.82) is 0 Å². The highest BCUT2D eigenvalue weighted by Gasteiger charge is 2.29. The third-order valence-electron chi connectivity index (χ3n) is 5.86. The predicted molar refractivity (Wildman–Crippen MR) is 148 cm³/mol. The number of aromatic nitrogens is 4. The number of quaternary nitrogens is 2. The summed E-state index contributed by atoms with van der Waals surface area (Å²) < 4.78 is 69.5. The van der Waals surface area contributed by atoms with E-state index in [0.717, 1.165) is 12.1 Å². The Morgan fingerprint density at radius 1 is 1.02 bits per heavy atom. The zero-order valence-corrected chi connectivity index (χ0v) is 25.1. The van der Waals surface area contributed by atoms with Gasteiger partial charge in [-0.25, -0.2) is 13.4 Å². The molecule has 0 spiro atoms. The molecule has 0 saturated carbocycles. The van der Waals surface area contributed by atoms with Crippen molar-refractivity contribution in [3.8, 4) is 17.1 Å². The number of nitrogens with one attached hydrogen (secondary N) is 1. The lowest BCUT2D eigenvalue weighted by molar-refractivity contribution is 0.222. The van der Waals surface area contributed by atoms with Crippen molar-refractivity contribution < 1.29 is 30.7 Å². The molecule has 16 nitrogen and oxygen atoms in total. The molecule has 2 aromatic heterocycles. The second-order valence-corrected chi connectivity index (χ2v) is 11.4. The molecule has 0 atom stereocenters. The fourth-order valence-electron chi connectivity index (χ4n) is 4.09. The molecule has 0 unspecified atom stereocenters. The van der Waals surface area contributed by atoms with Gasteiger partial charge in [-0.1, -0.05) is 13.3 Å². The molecule has 18 heteroatoms. The number of benzene rings is 1. The lowest BCUT2D eigenvalue weighted by Crippen LogP contribution is -2.47. The Morgan fingerprint density at radius 2 is 1.62 bits per heavy atom. The Balaban J connectivity index is 0.00000105. The molecule has 0 amide bonds. The molecular weight excluding hydrogens is 568 g/mol. The third kappa shape index (κ3) is 8.27. The van der Waals surface area contributed by atoms with Crippen LogP contribution in [-0.2, 0) is 33.9 Å². The van der Waals surface area contributed by atoms with Crippen molar-refractivity contribution in [3.05, 3.63) is 34.2 Å². The number of likely N-dealkylation sites (N-methyl/N-ethyl adjacent to an activating group) is 1. The highest BCUT2D eigenvalue weighted by molar-refractivity contribution is 7.89. The summed E-state index contributed by atoms with van der Waals surface area (Å²) in [7, 11) is -5.17. The van der Waals surface area contributed by atoms with Crippen LogP contribution in [0.4, 0.5) is 0 Å². The Kier molecular flexibility index (Phi) is 12.3. The van der Waals surface area contributed by atoms with E-state index in [4.69, 9.17) is 27.2 Å². The Bertz CT molecular complexity index is 1560. The molecule has 1 saturated heterocycles. The minimum Gasteiger partial charge on any atom is -0.759 e. The van der Waals surface area contributed by atoms with Gasteiger partial charge in [0, 0.05) is 43.6 Å². The van der Waals surface area contributed by atoms with E-state index < -0.39 is 20.4 Å². The summed E-state index contributed by atoms with van der Waals surface area (Å²) in [5.41, 5.74) is 1.75. The standard InChI is InChI=1S/C22H30N6O4S.2H3N.H2O4S/c1-5-7-17-19-20(27(4)25-17)22(29)24-21(23-19)16-14-15(8-9-18(16)32-6-2)33(30,31)28-12-10-26(3)11-13-28;;;1-5(2,3)4/h8-9,14H,5-7,10-13H2,1-4H3,(H,23,24,29);2*1H3;(H2,1,2,3,4). The molecule has 226 valence electrons. The number of nitrogens with zero attached hydrogens (tertiary/aromatic N) is 5. The number of rotatable bonds is 7. The van der Waals surface area contributed by atoms with Gasteiger partial charge in [0.2, 0.25) is 10.0 Å². The molecule has 1 aliphatic heterocycles. The third-order valence-corrected chi connectivity index (χ3v) is 7.75. The maximum atomic E-state index is 13.3. The first-order valence-electron chi connectivity index (χ1n) is 11.8. The van der Waals surface area contributed by atoms with E-state index in [1.165, 1.54) is 8.99 Å². The first kappa shape index (κ1) is 35.1. The van der Waals surface area contributed by atoms with Gasteiger partial charge in [0.05, 0.1) is 22.8 Å². The van der Waals surface area contributed by atoms with Crippen LogP contribution < -0.4 is 22.6 Å². The molecule has 3 aromatic rings. The fraction of sp³-hybridized carbons (Fsp3) is 0.500. The van der Waals surface area contributed by atoms with Gasteiger partial charge in [0.25, 0.3) is 5.56 Å². The van der Waals surface area contributed by atoms with Gasteiger partial charge < -0.3 is 36.0 Å². The average Bonchev–Trinajstić information content (AvgIpc) is 3.14. The minimum atomic E-state index is -5.17. The van der Waals surface area contributed by atoms with Gasteiger partial charge in [-0.2, -0.15) is 9.40 Å². The molecule has 1 aliphatic rings. The summed E-state index contributed by atoms with van der Waals surface area (Å²) in [6.45, 7) is 6.48. The molecule has 1 fully saturated rings. The Hall–Kier alpha value is -2.97. The highest BCUT2D eigenvalue weighted by atomic mass is 32.3. The van der Waals surface area contributed by atoms with Crippen molar-refractivity contribution in [2.24, 2.45) is 7.05 Å². The number of ether oxygens (including phenoxy) is 1. The molecule has 1 aromatic carbocycles. The van der Waals surface area contributed by atoms with Crippen LogP contribution in [0, 0.1) is 0 Å². The summed E-state index contributed by atoms with van der Waals surface area (Å²) in [5, 5.41) is 4.45. The van der Waals surface area contributed by atoms with Gasteiger partial charge >= 0.3 is 0 Å². The number of fused-ring (bicyclic) bond motifs is 1. The largest absolute Gasteiger partial charge is 0.759 e. The van der Waals surface area contributed by atoms with E-state index in [2.05, 4.69) is 15.0 Å². The van der Waals surface area contributed by atoms with Gasteiger partial charge in [-0.15, -0.1) is 0 Å². The molecule has 3 heterocycles. The van der Waals surface area contributed by atoms with E-state index in [1.54, 1.807) is 25.2 Å². The van der Waals surface area contributed by atoms with Gasteiger partial charge in [0.1, 0.15) is 17.1 Å². The zero-order valence-electron chi connectivity index (χ0n) is 23.5. The first-order chi connectivity index (χ1) is 17.8. The number of H-pyrrole nitrogens is 1. The molecule has 0 bridgehead atoms. The lowest BCUT2D eigenvalue weighted by atomic mass is 10.1. The number of aryl methyl sites for hydroxylation is 2. The monoisotopic (exact) mass is 606 g/mol. The Morgan fingerprint density at radius 3 is 2.17 bits per heavy atom. The summed E-state index contributed by atoms with van der Waals surface area (Å²) in [6, 6.07) is 4.71. The predicted octanol–water partition coefficient (Wildman–Crippen LogP) is 1.03. The fourth-order valence-corrected chi connectivity index (χ4v) is 5.54. The smallest absolute Gasteiger partial charge is 0.277 e. The van der Waals surface area contributed by atoms with Crippen molar-refractivity contribution in [2.45, 2.75) is 31.6 Å². The number of hydrogen-bond acceptors (Lipinski definition) is 11. The van der Waals surface area contributed by atoms with Crippen LogP contribution in [0.2, 0.25) is 0 Å². The average molecular weight is 607 g/mol. The molecule has 40 heavy (non-hydrogen) atoms. The Labute approximate surface area is 233 Å². The number of aromatic amines is 1. The SMILES string of the molecule is CCCc1nn(C)c2c(=O)[nH]c(-c3cc(S(=O)(=O)N4CCN(C)CC4)ccc3OCC)nc12.O=S(=O)([O-])[O-].[NH4+].[NH4+]. The molecule has 0 aliphatic carbocycles. The van der Waals surface area contributed by atoms with Crippen LogP contribution in [0.25, 0.3) is 22.4 Å². The summed E-state index contributed by atoms with van der Waals surface area (Å²) in [5.74, 6) is 0.718. The number of sulfonamides is 1. The van der Waals surface area contributed by atoms with E-state index in [0.29, 0.717) is 61.6 Å². The van der Waals surface area contributed by atoms with Gasteiger partial charge in [0.15, 0.2) is 5.52 Å².